The van der Waals surface area contributed by atoms with Crippen LogP contribution in [0.25, 0.3) is 0 Å². The standard InChI is InChI=1S/C13H20FNO/c1-3-4-10-5-7-11(8-6-10)13(16-2)12(15)9-14/h5-8,12-13H,3-4,9,15H2,1-2H3. The molecule has 1 aromatic carbocycles. The van der Waals surface area contributed by atoms with Gasteiger partial charge in [-0.05, 0) is 17.5 Å². The zero-order valence-electron chi connectivity index (χ0n) is 9.95. The third-order valence-corrected chi connectivity index (χ3v) is 2.67. The normalized spacial score (nSPS) is 14.8. The van der Waals surface area contributed by atoms with Crippen molar-refractivity contribution in [2.45, 2.75) is 31.9 Å². The summed E-state index contributed by atoms with van der Waals surface area (Å²) in [6, 6.07) is 7.44. The fourth-order valence-corrected chi connectivity index (χ4v) is 1.80. The van der Waals surface area contributed by atoms with Crippen molar-refractivity contribution in [3.8, 4) is 0 Å². The van der Waals surface area contributed by atoms with Gasteiger partial charge in [-0.3, -0.25) is 0 Å². The number of halogens is 1. The summed E-state index contributed by atoms with van der Waals surface area (Å²) in [5, 5.41) is 0. The first kappa shape index (κ1) is 13.1. The summed E-state index contributed by atoms with van der Waals surface area (Å²) < 4.78 is 17.7. The summed E-state index contributed by atoms with van der Waals surface area (Å²) in [6.07, 6.45) is 1.82. The Hall–Kier alpha value is -0.930. The van der Waals surface area contributed by atoms with Crippen LogP contribution in [0.4, 0.5) is 4.39 Å². The number of methoxy groups -OCH3 is 1. The highest BCUT2D eigenvalue weighted by Gasteiger charge is 2.18. The highest BCUT2D eigenvalue weighted by atomic mass is 19.1. The Morgan fingerprint density at radius 1 is 1.31 bits per heavy atom. The lowest BCUT2D eigenvalue weighted by atomic mass is 10.0. The Bertz CT molecular complexity index is 299. The van der Waals surface area contributed by atoms with E-state index in [2.05, 4.69) is 19.1 Å². The van der Waals surface area contributed by atoms with Gasteiger partial charge in [0.05, 0.1) is 12.1 Å². The van der Waals surface area contributed by atoms with E-state index in [-0.39, 0.29) is 6.10 Å². The van der Waals surface area contributed by atoms with E-state index >= 15 is 0 Å². The van der Waals surface area contributed by atoms with E-state index in [4.69, 9.17) is 10.5 Å². The van der Waals surface area contributed by atoms with Gasteiger partial charge in [-0.15, -0.1) is 0 Å². The first-order valence-corrected chi connectivity index (χ1v) is 5.66. The third-order valence-electron chi connectivity index (χ3n) is 2.67. The van der Waals surface area contributed by atoms with Gasteiger partial charge in [-0.2, -0.15) is 0 Å². The average molecular weight is 225 g/mol. The summed E-state index contributed by atoms with van der Waals surface area (Å²) in [4.78, 5) is 0. The van der Waals surface area contributed by atoms with Gasteiger partial charge in [0.2, 0.25) is 0 Å². The second-order valence-corrected chi connectivity index (χ2v) is 3.97. The van der Waals surface area contributed by atoms with Crippen molar-refractivity contribution in [1.82, 2.24) is 0 Å². The molecule has 0 aliphatic heterocycles. The van der Waals surface area contributed by atoms with Gasteiger partial charge in [0, 0.05) is 7.11 Å². The van der Waals surface area contributed by atoms with E-state index in [0.717, 1.165) is 18.4 Å². The molecular weight excluding hydrogens is 205 g/mol. The van der Waals surface area contributed by atoms with Crippen molar-refractivity contribution in [1.29, 1.82) is 0 Å². The first-order chi connectivity index (χ1) is 7.72. The van der Waals surface area contributed by atoms with Crippen LogP contribution in [0.3, 0.4) is 0 Å². The van der Waals surface area contributed by atoms with E-state index in [1.54, 1.807) is 7.11 Å². The summed E-state index contributed by atoms with van der Waals surface area (Å²) in [5.41, 5.74) is 7.88. The number of ether oxygens (including phenoxy) is 1. The summed E-state index contributed by atoms with van der Waals surface area (Å²) >= 11 is 0. The minimum absolute atomic E-state index is 0.360. The van der Waals surface area contributed by atoms with Crippen LogP contribution in [0.1, 0.15) is 30.6 Å². The van der Waals surface area contributed by atoms with E-state index in [0.29, 0.717) is 0 Å². The molecule has 2 atom stereocenters. The highest BCUT2D eigenvalue weighted by molar-refractivity contribution is 5.25. The van der Waals surface area contributed by atoms with Crippen LogP contribution < -0.4 is 5.73 Å². The highest BCUT2D eigenvalue weighted by Crippen LogP contribution is 2.20. The topological polar surface area (TPSA) is 35.2 Å². The number of alkyl halides is 1. The maximum absolute atomic E-state index is 12.5. The van der Waals surface area contributed by atoms with Crippen LogP contribution in [-0.4, -0.2) is 19.8 Å². The lowest BCUT2D eigenvalue weighted by molar-refractivity contribution is 0.0720. The van der Waals surface area contributed by atoms with E-state index < -0.39 is 12.7 Å². The monoisotopic (exact) mass is 225 g/mol. The van der Waals surface area contributed by atoms with Gasteiger partial charge in [0.25, 0.3) is 0 Å². The molecule has 1 aromatic rings. The number of aryl methyl sites for hydroxylation is 1. The maximum atomic E-state index is 12.5. The predicted molar refractivity (Wildman–Crippen MR) is 64.1 cm³/mol. The Kier molecular flexibility index (Phi) is 5.43. The number of benzene rings is 1. The zero-order valence-corrected chi connectivity index (χ0v) is 9.95. The lowest BCUT2D eigenvalue weighted by Crippen LogP contribution is -2.31. The van der Waals surface area contributed by atoms with Crippen molar-refractivity contribution in [3.05, 3.63) is 35.4 Å². The molecule has 0 radical (unpaired) electrons. The van der Waals surface area contributed by atoms with Crippen molar-refractivity contribution in [2.24, 2.45) is 5.73 Å². The van der Waals surface area contributed by atoms with Crippen LogP contribution in [-0.2, 0) is 11.2 Å². The Morgan fingerprint density at radius 3 is 2.38 bits per heavy atom. The number of rotatable bonds is 6. The molecule has 0 saturated carbocycles. The number of nitrogens with two attached hydrogens (primary N) is 1. The average Bonchev–Trinajstić information content (AvgIpc) is 2.32. The predicted octanol–water partition coefficient (Wildman–Crippen LogP) is 2.62. The molecule has 0 fully saturated rings. The fourth-order valence-electron chi connectivity index (χ4n) is 1.80. The Balaban J connectivity index is 2.78. The van der Waals surface area contributed by atoms with Gasteiger partial charge < -0.3 is 10.5 Å². The zero-order chi connectivity index (χ0) is 12.0. The molecule has 1 rings (SSSR count). The molecule has 3 heteroatoms. The Morgan fingerprint density at radius 2 is 1.94 bits per heavy atom. The smallest absolute Gasteiger partial charge is 0.107 e. The summed E-state index contributed by atoms with van der Waals surface area (Å²) in [6.45, 7) is 1.57. The quantitative estimate of drug-likeness (QED) is 0.807. The molecule has 2 N–H and O–H groups in total. The van der Waals surface area contributed by atoms with Crippen LogP contribution >= 0.6 is 0 Å². The molecular formula is C13H20FNO. The van der Waals surface area contributed by atoms with Gasteiger partial charge in [0.15, 0.2) is 0 Å². The Labute approximate surface area is 96.6 Å². The summed E-state index contributed by atoms with van der Waals surface area (Å²) in [5.74, 6) is 0. The lowest BCUT2D eigenvalue weighted by Gasteiger charge is -2.20. The van der Waals surface area contributed by atoms with Crippen LogP contribution in [0.15, 0.2) is 24.3 Å². The van der Waals surface area contributed by atoms with Crippen LogP contribution in [0, 0.1) is 0 Å². The van der Waals surface area contributed by atoms with Gasteiger partial charge >= 0.3 is 0 Å². The van der Waals surface area contributed by atoms with Crippen molar-refractivity contribution in [2.75, 3.05) is 13.8 Å². The molecule has 0 bridgehead atoms. The molecule has 0 aliphatic rings. The minimum Gasteiger partial charge on any atom is -0.375 e. The largest absolute Gasteiger partial charge is 0.375 e. The van der Waals surface area contributed by atoms with Crippen LogP contribution in [0.2, 0.25) is 0 Å². The van der Waals surface area contributed by atoms with Crippen molar-refractivity contribution >= 4 is 0 Å². The minimum atomic E-state index is -0.595. The van der Waals surface area contributed by atoms with Gasteiger partial charge in [0.1, 0.15) is 6.67 Å². The van der Waals surface area contributed by atoms with Gasteiger partial charge in [-0.1, -0.05) is 37.6 Å². The second-order valence-electron chi connectivity index (χ2n) is 3.97. The van der Waals surface area contributed by atoms with Crippen molar-refractivity contribution < 1.29 is 9.13 Å². The molecule has 0 aliphatic carbocycles. The molecule has 16 heavy (non-hydrogen) atoms. The molecule has 0 saturated heterocycles. The molecule has 0 amide bonds. The summed E-state index contributed by atoms with van der Waals surface area (Å²) in [7, 11) is 1.56. The fraction of sp³-hybridized carbons (Fsp3) is 0.538. The molecule has 90 valence electrons. The first-order valence-electron chi connectivity index (χ1n) is 5.66. The molecule has 0 spiro atoms. The number of hydrogen-bond acceptors (Lipinski definition) is 2. The van der Waals surface area contributed by atoms with E-state index in [1.165, 1.54) is 5.56 Å². The second kappa shape index (κ2) is 6.61. The van der Waals surface area contributed by atoms with E-state index in [1.807, 2.05) is 12.1 Å². The molecule has 0 heterocycles. The third kappa shape index (κ3) is 3.29. The SMILES string of the molecule is CCCc1ccc(C(OC)C(N)CF)cc1. The number of hydrogen-bond donors (Lipinski definition) is 1. The molecule has 0 aromatic heterocycles. The van der Waals surface area contributed by atoms with Crippen molar-refractivity contribution in [3.63, 3.8) is 0 Å². The van der Waals surface area contributed by atoms with Crippen LogP contribution in [0.5, 0.6) is 0 Å². The molecule has 2 unspecified atom stereocenters. The molecule has 2 nitrogen and oxygen atoms in total. The van der Waals surface area contributed by atoms with E-state index in [9.17, 15) is 4.39 Å². The van der Waals surface area contributed by atoms with Gasteiger partial charge in [-0.25, -0.2) is 4.39 Å². The maximum Gasteiger partial charge on any atom is 0.107 e.